The zero-order chi connectivity index (χ0) is 12.5. The van der Waals surface area contributed by atoms with Crippen LogP contribution in [0, 0.1) is 0 Å². The van der Waals surface area contributed by atoms with E-state index in [-0.39, 0.29) is 6.04 Å². The predicted molar refractivity (Wildman–Crippen MR) is 72.3 cm³/mol. The summed E-state index contributed by atoms with van der Waals surface area (Å²) in [6.45, 7) is 4.89. The fourth-order valence-electron chi connectivity index (χ4n) is 2.54. The summed E-state index contributed by atoms with van der Waals surface area (Å²) in [5.74, 6) is 1.13. The zero-order valence-electron chi connectivity index (χ0n) is 10.6. The third-order valence-electron chi connectivity index (χ3n) is 3.51. The lowest BCUT2D eigenvalue weighted by Crippen LogP contribution is -2.34. The van der Waals surface area contributed by atoms with E-state index >= 15 is 0 Å². The Morgan fingerprint density at radius 2 is 2.11 bits per heavy atom. The van der Waals surface area contributed by atoms with Gasteiger partial charge in [0.2, 0.25) is 0 Å². The van der Waals surface area contributed by atoms with Crippen molar-refractivity contribution >= 4 is 5.69 Å². The topological polar surface area (TPSA) is 47.1 Å². The Kier molecular flexibility index (Phi) is 2.80. The molecule has 1 aliphatic rings. The van der Waals surface area contributed by atoms with Crippen molar-refractivity contribution in [1.29, 1.82) is 0 Å². The number of rotatable bonds is 2. The molecule has 2 N–H and O–H groups in total. The highest BCUT2D eigenvalue weighted by Gasteiger charge is 2.19. The minimum atomic E-state index is 0.0582. The molecule has 1 aromatic carbocycles. The van der Waals surface area contributed by atoms with Crippen molar-refractivity contribution < 1.29 is 0 Å². The molecule has 18 heavy (non-hydrogen) atoms. The first-order valence-corrected chi connectivity index (χ1v) is 6.35. The standard InChI is InChI=1S/C14H18N4/c1-11(15)12-4-2-3-5-13(12)18-9-8-17-7-6-16-14(17)10-18/h2-7,11H,8-10,15H2,1H3. The molecule has 1 aliphatic heterocycles. The number of benzene rings is 1. The molecule has 0 spiro atoms. The quantitative estimate of drug-likeness (QED) is 0.875. The number of anilines is 1. The van der Waals surface area contributed by atoms with Crippen LogP contribution in [0.1, 0.15) is 24.4 Å². The first kappa shape index (κ1) is 11.3. The van der Waals surface area contributed by atoms with Gasteiger partial charge in [0.05, 0.1) is 6.54 Å². The smallest absolute Gasteiger partial charge is 0.128 e. The van der Waals surface area contributed by atoms with Gasteiger partial charge in [-0.1, -0.05) is 18.2 Å². The van der Waals surface area contributed by atoms with Gasteiger partial charge in [0, 0.05) is 37.2 Å². The van der Waals surface area contributed by atoms with Crippen molar-refractivity contribution in [2.45, 2.75) is 26.1 Å². The second-order valence-corrected chi connectivity index (χ2v) is 4.81. The molecule has 4 heteroatoms. The highest BCUT2D eigenvalue weighted by molar-refractivity contribution is 5.55. The van der Waals surface area contributed by atoms with Gasteiger partial charge >= 0.3 is 0 Å². The van der Waals surface area contributed by atoms with E-state index in [1.807, 2.05) is 25.4 Å². The van der Waals surface area contributed by atoms with Crippen LogP contribution in [0.15, 0.2) is 36.7 Å². The molecule has 94 valence electrons. The van der Waals surface area contributed by atoms with Gasteiger partial charge in [0.25, 0.3) is 0 Å². The Bertz CT molecular complexity index is 544. The molecule has 0 aliphatic carbocycles. The average molecular weight is 242 g/mol. The molecule has 0 saturated carbocycles. The van der Waals surface area contributed by atoms with Gasteiger partial charge in [0.1, 0.15) is 5.82 Å². The first-order valence-electron chi connectivity index (χ1n) is 6.35. The summed E-state index contributed by atoms with van der Waals surface area (Å²) in [6.07, 6.45) is 3.92. The highest BCUT2D eigenvalue weighted by Crippen LogP contribution is 2.27. The number of para-hydroxylation sites is 1. The van der Waals surface area contributed by atoms with Crippen LogP contribution in [0.4, 0.5) is 5.69 Å². The largest absolute Gasteiger partial charge is 0.362 e. The molecule has 0 saturated heterocycles. The average Bonchev–Trinajstić information content (AvgIpc) is 2.85. The van der Waals surface area contributed by atoms with Crippen LogP contribution in [-0.4, -0.2) is 16.1 Å². The predicted octanol–water partition coefficient (Wildman–Crippen LogP) is 1.92. The maximum absolute atomic E-state index is 6.05. The van der Waals surface area contributed by atoms with Crippen LogP contribution in [0.2, 0.25) is 0 Å². The molecular weight excluding hydrogens is 224 g/mol. The van der Waals surface area contributed by atoms with Crippen molar-refractivity contribution in [3.8, 4) is 0 Å². The second-order valence-electron chi connectivity index (χ2n) is 4.81. The van der Waals surface area contributed by atoms with Crippen LogP contribution in [0.5, 0.6) is 0 Å². The van der Waals surface area contributed by atoms with Crippen LogP contribution in [-0.2, 0) is 13.1 Å². The van der Waals surface area contributed by atoms with E-state index in [0.29, 0.717) is 0 Å². The molecule has 3 rings (SSSR count). The van der Waals surface area contributed by atoms with Gasteiger partial charge in [-0.05, 0) is 18.6 Å². The van der Waals surface area contributed by atoms with Gasteiger partial charge in [-0.25, -0.2) is 4.98 Å². The van der Waals surface area contributed by atoms with Crippen molar-refractivity contribution in [2.75, 3.05) is 11.4 Å². The summed E-state index contributed by atoms with van der Waals surface area (Å²) < 4.78 is 2.21. The van der Waals surface area contributed by atoms with Crippen molar-refractivity contribution in [1.82, 2.24) is 9.55 Å². The van der Waals surface area contributed by atoms with E-state index < -0.39 is 0 Å². The number of aromatic nitrogens is 2. The third-order valence-corrected chi connectivity index (χ3v) is 3.51. The molecule has 1 atom stereocenters. The van der Waals surface area contributed by atoms with E-state index in [0.717, 1.165) is 25.5 Å². The van der Waals surface area contributed by atoms with E-state index in [1.54, 1.807) is 0 Å². The maximum atomic E-state index is 6.05. The number of nitrogens with two attached hydrogens (primary N) is 1. The monoisotopic (exact) mass is 242 g/mol. The van der Waals surface area contributed by atoms with Gasteiger partial charge in [-0.3, -0.25) is 0 Å². The Labute approximate surface area is 107 Å². The van der Waals surface area contributed by atoms with E-state index in [4.69, 9.17) is 5.73 Å². The van der Waals surface area contributed by atoms with Crippen molar-refractivity contribution in [3.63, 3.8) is 0 Å². The molecule has 2 heterocycles. The number of fused-ring (bicyclic) bond motifs is 1. The molecule has 0 amide bonds. The fourth-order valence-corrected chi connectivity index (χ4v) is 2.54. The summed E-state index contributed by atoms with van der Waals surface area (Å²) in [6, 6.07) is 8.44. The SMILES string of the molecule is CC(N)c1ccccc1N1CCn2ccnc2C1. The summed E-state index contributed by atoms with van der Waals surface area (Å²) in [5, 5.41) is 0. The van der Waals surface area contributed by atoms with Gasteiger partial charge < -0.3 is 15.2 Å². The maximum Gasteiger partial charge on any atom is 0.128 e. The number of hydrogen-bond acceptors (Lipinski definition) is 3. The molecule has 4 nitrogen and oxygen atoms in total. The fraction of sp³-hybridized carbons (Fsp3) is 0.357. The molecule has 0 fully saturated rings. The van der Waals surface area contributed by atoms with Crippen molar-refractivity contribution in [3.05, 3.63) is 48.0 Å². The first-order chi connectivity index (χ1) is 8.75. The zero-order valence-corrected chi connectivity index (χ0v) is 10.6. The lowest BCUT2D eigenvalue weighted by Gasteiger charge is -2.31. The molecule has 0 radical (unpaired) electrons. The third kappa shape index (κ3) is 1.88. The van der Waals surface area contributed by atoms with Gasteiger partial charge in [0.15, 0.2) is 0 Å². The molecule has 1 aromatic heterocycles. The van der Waals surface area contributed by atoms with Gasteiger partial charge in [-0.2, -0.15) is 0 Å². The highest BCUT2D eigenvalue weighted by atomic mass is 15.2. The Hall–Kier alpha value is -1.81. The van der Waals surface area contributed by atoms with Crippen LogP contribution in [0.3, 0.4) is 0 Å². The Morgan fingerprint density at radius 3 is 2.94 bits per heavy atom. The summed E-state index contributed by atoms with van der Waals surface area (Å²) in [5.41, 5.74) is 8.49. The van der Waals surface area contributed by atoms with Crippen molar-refractivity contribution in [2.24, 2.45) is 5.73 Å². The second kappa shape index (κ2) is 4.46. The molecule has 1 unspecified atom stereocenters. The minimum absolute atomic E-state index is 0.0582. The van der Waals surface area contributed by atoms with Crippen LogP contribution >= 0.6 is 0 Å². The molecule has 0 bridgehead atoms. The summed E-state index contributed by atoms with van der Waals surface area (Å²) in [4.78, 5) is 6.76. The Balaban J connectivity index is 1.93. The number of nitrogens with zero attached hydrogens (tertiary/aromatic N) is 3. The minimum Gasteiger partial charge on any atom is -0.362 e. The Morgan fingerprint density at radius 1 is 1.28 bits per heavy atom. The lowest BCUT2D eigenvalue weighted by atomic mass is 10.1. The molecule has 2 aromatic rings. The van der Waals surface area contributed by atoms with E-state index in [1.165, 1.54) is 11.3 Å². The lowest BCUT2D eigenvalue weighted by molar-refractivity contribution is 0.557. The van der Waals surface area contributed by atoms with Crippen LogP contribution < -0.4 is 10.6 Å². The normalized spacial score (nSPS) is 16.4. The number of imidazole rings is 1. The van der Waals surface area contributed by atoms with E-state index in [9.17, 15) is 0 Å². The summed E-state index contributed by atoms with van der Waals surface area (Å²) in [7, 11) is 0. The van der Waals surface area contributed by atoms with Crippen LogP contribution in [0.25, 0.3) is 0 Å². The molecular formula is C14H18N4. The van der Waals surface area contributed by atoms with E-state index in [2.05, 4.69) is 32.7 Å². The summed E-state index contributed by atoms with van der Waals surface area (Å²) >= 11 is 0. The number of hydrogen-bond donors (Lipinski definition) is 1. The van der Waals surface area contributed by atoms with Gasteiger partial charge in [-0.15, -0.1) is 0 Å².